The van der Waals surface area contributed by atoms with Crippen molar-refractivity contribution in [2.24, 2.45) is 0 Å². The maximum Gasteiger partial charge on any atom is 0.327 e. The number of nitrogens with one attached hydrogen (secondary N) is 2. The Morgan fingerprint density at radius 2 is 2.18 bits per heavy atom. The summed E-state index contributed by atoms with van der Waals surface area (Å²) >= 11 is 1.25. The van der Waals surface area contributed by atoms with Crippen LogP contribution in [-0.4, -0.2) is 51.2 Å². The zero-order valence-corrected chi connectivity index (χ0v) is 16.1. The Morgan fingerprint density at radius 3 is 2.93 bits per heavy atom. The van der Waals surface area contributed by atoms with Crippen LogP contribution in [0, 0.1) is 12.7 Å². The molecule has 0 aliphatic carbocycles. The molecule has 28 heavy (non-hydrogen) atoms. The van der Waals surface area contributed by atoms with Gasteiger partial charge in [0.1, 0.15) is 5.82 Å². The van der Waals surface area contributed by atoms with E-state index in [0.717, 1.165) is 9.60 Å². The third-order valence-electron chi connectivity index (χ3n) is 4.65. The van der Waals surface area contributed by atoms with Gasteiger partial charge in [0.05, 0.1) is 27.9 Å². The third-order valence-corrected chi connectivity index (χ3v) is 5.58. The number of hydrogen-bond donors (Lipinski definition) is 3. The monoisotopic (exact) mass is 404 g/mol. The molecule has 0 saturated heterocycles. The van der Waals surface area contributed by atoms with Crippen molar-refractivity contribution in [2.45, 2.75) is 19.6 Å². The normalized spacial score (nSPS) is 16.6. The number of nitrogens with zero attached hydrogens (tertiary/aromatic N) is 4. The first-order valence-corrected chi connectivity index (χ1v) is 9.20. The highest BCUT2D eigenvalue weighted by Gasteiger charge is 2.37. The fourth-order valence-electron chi connectivity index (χ4n) is 3.09. The molecular weight excluding hydrogens is 387 g/mol. The van der Waals surface area contributed by atoms with E-state index in [-0.39, 0.29) is 24.0 Å². The average molecular weight is 404 g/mol. The zero-order chi connectivity index (χ0) is 20.2. The number of rotatable bonds is 3. The van der Waals surface area contributed by atoms with E-state index in [1.807, 2.05) is 0 Å². The van der Waals surface area contributed by atoms with Crippen LogP contribution in [0.3, 0.4) is 0 Å². The van der Waals surface area contributed by atoms with E-state index < -0.39 is 12.3 Å². The Hall–Kier alpha value is -3.05. The van der Waals surface area contributed by atoms with Crippen LogP contribution in [0.15, 0.2) is 12.1 Å². The van der Waals surface area contributed by atoms with Crippen molar-refractivity contribution < 1.29 is 19.1 Å². The number of aromatic amines is 1. The van der Waals surface area contributed by atoms with E-state index in [2.05, 4.69) is 20.5 Å². The molecule has 146 valence electrons. The van der Waals surface area contributed by atoms with Gasteiger partial charge in [-0.2, -0.15) is 5.10 Å². The van der Waals surface area contributed by atoms with Gasteiger partial charge in [-0.1, -0.05) is 11.3 Å². The number of aliphatic hydroxyl groups excluding tert-OH is 1. The third kappa shape index (κ3) is 2.88. The molecule has 1 aliphatic heterocycles. The number of urea groups is 1. The number of thiazole rings is 1. The lowest BCUT2D eigenvalue weighted by Crippen LogP contribution is -2.45. The number of aliphatic hydroxyl groups is 1. The summed E-state index contributed by atoms with van der Waals surface area (Å²) in [6.45, 7) is 1.66. The van der Waals surface area contributed by atoms with Gasteiger partial charge in [-0.05, 0) is 18.6 Å². The highest BCUT2D eigenvalue weighted by molar-refractivity contribution is 7.22. The number of aromatic nitrogens is 3. The lowest BCUT2D eigenvalue weighted by molar-refractivity contribution is -0.115. The lowest BCUT2D eigenvalue weighted by atomic mass is 10.1. The van der Waals surface area contributed by atoms with Crippen molar-refractivity contribution in [3.8, 4) is 0 Å². The molecule has 4 rings (SSSR count). The molecule has 11 heteroatoms. The summed E-state index contributed by atoms with van der Waals surface area (Å²) < 4.78 is 14.4. The summed E-state index contributed by atoms with van der Waals surface area (Å²) in [7, 11) is 3.00. The molecule has 0 bridgehead atoms. The largest absolute Gasteiger partial charge is 0.369 e. The van der Waals surface area contributed by atoms with Crippen molar-refractivity contribution in [1.82, 2.24) is 20.1 Å². The minimum absolute atomic E-state index is 0.0986. The Labute approximate surface area is 162 Å². The van der Waals surface area contributed by atoms with E-state index in [1.165, 1.54) is 36.4 Å². The van der Waals surface area contributed by atoms with Gasteiger partial charge < -0.3 is 10.4 Å². The Kier molecular flexibility index (Phi) is 4.27. The Morgan fingerprint density at radius 1 is 1.43 bits per heavy atom. The number of fused-ring (bicyclic) bond motifs is 2. The predicted molar refractivity (Wildman–Crippen MR) is 102 cm³/mol. The van der Waals surface area contributed by atoms with Gasteiger partial charge in [0.25, 0.3) is 0 Å². The molecular formula is C17H17FN6O3S. The van der Waals surface area contributed by atoms with Crippen LogP contribution in [0.2, 0.25) is 0 Å². The molecule has 3 N–H and O–H groups in total. The van der Waals surface area contributed by atoms with Crippen LogP contribution in [0.5, 0.6) is 0 Å². The molecule has 0 fully saturated rings. The highest BCUT2D eigenvalue weighted by Crippen LogP contribution is 2.34. The predicted octanol–water partition coefficient (Wildman–Crippen LogP) is 2.14. The highest BCUT2D eigenvalue weighted by atomic mass is 32.1. The molecule has 0 spiro atoms. The maximum atomic E-state index is 13.7. The second-order valence-corrected chi connectivity index (χ2v) is 7.61. The van der Waals surface area contributed by atoms with Crippen molar-refractivity contribution in [2.75, 3.05) is 24.3 Å². The van der Waals surface area contributed by atoms with E-state index >= 15 is 0 Å². The van der Waals surface area contributed by atoms with Crippen molar-refractivity contribution in [3.63, 3.8) is 0 Å². The van der Waals surface area contributed by atoms with E-state index in [9.17, 15) is 19.1 Å². The second kappa shape index (κ2) is 6.53. The molecule has 0 radical (unpaired) electrons. The quantitative estimate of drug-likeness (QED) is 0.619. The van der Waals surface area contributed by atoms with Crippen LogP contribution in [0.4, 0.5) is 20.1 Å². The van der Waals surface area contributed by atoms with Gasteiger partial charge >= 0.3 is 6.03 Å². The van der Waals surface area contributed by atoms with Gasteiger partial charge in [0.15, 0.2) is 17.2 Å². The molecule has 1 aromatic carbocycles. The molecule has 3 heterocycles. The number of aryl methyl sites for hydroxylation is 1. The van der Waals surface area contributed by atoms with Gasteiger partial charge in [0, 0.05) is 20.2 Å². The average Bonchev–Trinajstić information content (AvgIpc) is 3.22. The topological polar surface area (TPSA) is 114 Å². The molecule has 1 unspecified atom stereocenters. The van der Waals surface area contributed by atoms with Crippen LogP contribution in [-0.2, 0) is 11.2 Å². The Balaban J connectivity index is 1.55. The number of carbonyl (C=O) groups is 2. The number of carbonyl (C=O) groups excluding carboxylic acids is 2. The van der Waals surface area contributed by atoms with Crippen molar-refractivity contribution in [1.29, 1.82) is 0 Å². The maximum absolute atomic E-state index is 13.7. The SMILES string of the molecule is Cc1cc2sc(NC(=O)Cc3[nH]nc4c3C(O)N(C)C(=O)N4C)nc2cc1F. The number of anilines is 2. The molecule has 1 atom stereocenters. The summed E-state index contributed by atoms with van der Waals surface area (Å²) in [4.78, 5) is 31.2. The zero-order valence-electron chi connectivity index (χ0n) is 15.3. The van der Waals surface area contributed by atoms with Crippen molar-refractivity contribution in [3.05, 3.63) is 34.8 Å². The van der Waals surface area contributed by atoms with Crippen LogP contribution in [0.25, 0.3) is 10.2 Å². The van der Waals surface area contributed by atoms with E-state index in [1.54, 1.807) is 13.0 Å². The molecule has 1 aliphatic rings. The van der Waals surface area contributed by atoms with E-state index in [0.29, 0.717) is 27.5 Å². The van der Waals surface area contributed by atoms with E-state index in [4.69, 9.17) is 0 Å². The summed E-state index contributed by atoms with van der Waals surface area (Å²) in [5.74, 6) is -0.446. The fraction of sp³-hybridized carbons (Fsp3) is 0.294. The molecule has 3 aromatic rings. The Bertz CT molecular complexity index is 1070. The molecule has 0 saturated carbocycles. The molecule has 9 nitrogen and oxygen atoms in total. The first-order chi connectivity index (χ1) is 13.3. The van der Waals surface area contributed by atoms with Crippen LogP contribution >= 0.6 is 11.3 Å². The van der Waals surface area contributed by atoms with Gasteiger partial charge in [-0.25, -0.2) is 14.2 Å². The number of hydrogen-bond acceptors (Lipinski definition) is 6. The van der Waals surface area contributed by atoms with Crippen LogP contribution in [0.1, 0.15) is 23.0 Å². The number of H-pyrrole nitrogens is 1. The smallest absolute Gasteiger partial charge is 0.327 e. The first-order valence-electron chi connectivity index (χ1n) is 8.38. The lowest BCUT2D eigenvalue weighted by Gasteiger charge is -2.33. The summed E-state index contributed by atoms with van der Waals surface area (Å²) in [6.07, 6.45) is -1.30. The number of amides is 3. The summed E-state index contributed by atoms with van der Waals surface area (Å²) in [6, 6.07) is 2.61. The fourth-order valence-corrected chi connectivity index (χ4v) is 4.05. The minimum Gasteiger partial charge on any atom is -0.369 e. The van der Waals surface area contributed by atoms with Gasteiger partial charge in [-0.15, -0.1) is 0 Å². The van der Waals surface area contributed by atoms with Gasteiger partial charge in [0.2, 0.25) is 5.91 Å². The number of halogens is 1. The number of benzene rings is 1. The van der Waals surface area contributed by atoms with Crippen molar-refractivity contribution >= 4 is 44.4 Å². The second-order valence-electron chi connectivity index (χ2n) is 6.58. The van der Waals surface area contributed by atoms with Gasteiger partial charge in [-0.3, -0.25) is 19.7 Å². The minimum atomic E-state index is -1.20. The summed E-state index contributed by atoms with van der Waals surface area (Å²) in [5, 5.41) is 20.2. The molecule has 3 amide bonds. The first kappa shape index (κ1) is 18.3. The van der Waals surface area contributed by atoms with Crippen LogP contribution < -0.4 is 10.2 Å². The summed E-state index contributed by atoms with van der Waals surface area (Å²) in [5.41, 5.74) is 1.75. The molecule has 2 aromatic heterocycles. The standard InChI is InChI=1S/C17H17FN6O3S/c1-7-4-11-9(5-8(7)18)19-16(28-11)20-12(25)6-10-13-14(22-21-10)23(2)17(27)24(3)15(13)26/h4-5,15,26H,6H2,1-3H3,(H,21,22)(H,19,20,25).